The van der Waals surface area contributed by atoms with Crippen LogP contribution in [-0.4, -0.2) is 7.11 Å². The van der Waals surface area contributed by atoms with E-state index >= 15 is 0 Å². The van der Waals surface area contributed by atoms with Crippen molar-refractivity contribution in [2.45, 2.75) is 12.5 Å². The average molecular weight is 280 g/mol. The summed E-state index contributed by atoms with van der Waals surface area (Å²) >= 11 is 5.72. The van der Waals surface area contributed by atoms with Gasteiger partial charge in [0, 0.05) is 11.1 Å². The molecule has 0 amide bonds. The van der Waals surface area contributed by atoms with Gasteiger partial charge in [-0.3, -0.25) is 0 Å². The molecule has 2 rings (SSSR count). The molecule has 2 aromatic rings. The largest absolute Gasteiger partial charge is 0.497 e. The van der Waals surface area contributed by atoms with Crippen LogP contribution in [0.3, 0.4) is 0 Å². The highest BCUT2D eigenvalue weighted by Gasteiger charge is 2.11. The third-order valence-electron chi connectivity index (χ3n) is 2.98. The molecule has 0 bridgehead atoms. The summed E-state index contributed by atoms with van der Waals surface area (Å²) in [6.45, 7) is 0. The lowest BCUT2D eigenvalue weighted by Crippen LogP contribution is -2.14. The van der Waals surface area contributed by atoms with Gasteiger partial charge in [-0.05, 0) is 41.8 Å². The molecule has 2 N–H and O–H groups in total. The van der Waals surface area contributed by atoms with Gasteiger partial charge < -0.3 is 10.5 Å². The lowest BCUT2D eigenvalue weighted by Gasteiger charge is -2.14. The molecule has 1 unspecified atom stereocenters. The van der Waals surface area contributed by atoms with Crippen molar-refractivity contribution < 1.29 is 9.13 Å². The number of halogens is 2. The first-order chi connectivity index (χ1) is 9.10. The predicted molar refractivity (Wildman–Crippen MR) is 75.0 cm³/mol. The van der Waals surface area contributed by atoms with Crippen molar-refractivity contribution in [2.24, 2.45) is 5.73 Å². The summed E-state index contributed by atoms with van der Waals surface area (Å²) in [5, 5.41) is 0.385. The van der Waals surface area contributed by atoms with Crippen molar-refractivity contribution >= 4 is 11.6 Å². The molecule has 4 heteroatoms. The normalized spacial score (nSPS) is 12.2. The van der Waals surface area contributed by atoms with Gasteiger partial charge in [0.2, 0.25) is 0 Å². The molecule has 0 heterocycles. The van der Waals surface area contributed by atoms with Crippen LogP contribution < -0.4 is 10.5 Å². The van der Waals surface area contributed by atoms with E-state index in [2.05, 4.69) is 0 Å². The van der Waals surface area contributed by atoms with Crippen molar-refractivity contribution in [1.29, 1.82) is 0 Å². The second-order valence-electron chi connectivity index (χ2n) is 4.32. The Hall–Kier alpha value is -1.58. The molecule has 0 aliphatic carbocycles. The molecule has 19 heavy (non-hydrogen) atoms. The monoisotopic (exact) mass is 279 g/mol. The number of methoxy groups -OCH3 is 1. The fourth-order valence-corrected chi connectivity index (χ4v) is 2.07. The first-order valence-electron chi connectivity index (χ1n) is 5.93. The Morgan fingerprint density at radius 3 is 2.74 bits per heavy atom. The quantitative estimate of drug-likeness (QED) is 0.925. The molecule has 1 atom stereocenters. The van der Waals surface area contributed by atoms with Gasteiger partial charge in [0.05, 0.1) is 7.11 Å². The maximum Gasteiger partial charge on any atom is 0.127 e. The van der Waals surface area contributed by atoms with Gasteiger partial charge >= 0.3 is 0 Å². The van der Waals surface area contributed by atoms with E-state index in [-0.39, 0.29) is 11.9 Å². The van der Waals surface area contributed by atoms with E-state index in [4.69, 9.17) is 22.1 Å². The molecule has 2 nitrogen and oxygen atoms in total. The van der Waals surface area contributed by atoms with Crippen LogP contribution in [0.15, 0.2) is 42.5 Å². The molecule has 0 radical (unpaired) electrons. The fourth-order valence-electron chi connectivity index (χ4n) is 1.91. The number of hydrogen-bond acceptors (Lipinski definition) is 2. The van der Waals surface area contributed by atoms with Gasteiger partial charge in [-0.15, -0.1) is 0 Å². The molecule has 2 aromatic carbocycles. The molecule has 0 spiro atoms. The molecule has 0 aliphatic heterocycles. The highest BCUT2D eigenvalue weighted by molar-refractivity contribution is 6.30. The maximum atomic E-state index is 13.7. The first kappa shape index (κ1) is 13.8. The van der Waals surface area contributed by atoms with Gasteiger partial charge in [0.1, 0.15) is 11.6 Å². The molecular weight excluding hydrogens is 265 g/mol. The molecule has 0 aliphatic rings. The van der Waals surface area contributed by atoms with Crippen LogP contribution in [0.2, 0.25) is 5.02 Å². The second kappa shape index (κ2) is 6.04. The Labute approximate surface area is 117 Å². The van der Waals surface area contributed by atoms with E-state index in [1.807, 2.05) is 24.3 Å². The molecule has 100 valence electrons. The summed E-state index contributed by atoms with van der Waals surface area (Å²) in [7, 11) is 1.60. The van der Waals surface area contributed by atoms with E-state index in [9.17, 15) is 4.39 Å². The Balaban J connectivity index is 2.17. The minimum Gasteiger partial charge on any atom is -0.497 e. The summed E-state index contributed by atoms with van der Waals surface area (Å²) in [6, 6.07) is 11.8. The van der Waals surface area contributed by atoms with Gasteiger partial charge in [-0.25, -0.2) is 4.39 Å². The van der Waals surface area contributed by atoms with Gasteiger partial charge in [0.15, 0.2) is 0 Å². The van der Waals surface area contributed by atoms with Crippen LogP contribution in [0.5, 0.6) is 5.75 Å². The zero-order valence-electron chi connectivity index (χ0n) is 10.6. The standard InChI is InChI=1S/C15H15ClFNO/c1-19-13-4-2-3-11(7-13)15(18)8-10-5-6-12(16)9-14(10)17/h2-7,9,15H,8,18H2,1H3. The summed E-state index contributed by atoms with van der Waals surface area (Å²) in [6.07, 6.45) is 0.413. The van der Waals surface area contributed by atoms with Crippen molar-refractivity contribution in [3.8, 4) is 5.75 Å². The molecule has 0 saturated carbocycles. The highest BCUT2D eigenvalue weighted by atomic mass is 35.5. The number of hydrogen-bond donors (Lipinski definition) is 1. The smallest absolute Gasteiger partial charge is 0.127 e. The van der Waals surface area contributed by atoms with E-state index < -0.39 is 0 Å². The average Bonchev–Trinajstić information content (AvgIpc) is 2.42. The first-order valence-corrected chi connectivity index (χ1v) is 6.31. The second-order valence-corrected chi connectivity index (χ2v) is 4.76. The third kappa shape index (κ3) is 3.46. The van der Waals surface area contributed by atoms with Gasteiger partial charge in [-0.1, -0.05) is 29.8 Å². The predicted octanol–water partition coefficient (Wildman–Crippen LogP) is 3.73. The van der Waals surface area contributed by atoms with Crippen molar-refractivity contribution in [2.75, 3.05) is 7.11 Å². The highest BCUT2D eigenvalue weighted by Crippen LogP contribution is 2.23. The number of nitrogens with two attached hydrogens (primary N) is 1. The molecular formula is C15H15ClFNO. The van der Waals surface area contributed by atoms with Crippen molar-refractivity contribution in [1.82, 2.24) is 0 Å². The van der Waals surface area contributed by atoms with Crippen LogP contribution in [0, 0.1) is 5.82 Å². The molecule has 0 aromatic heterocycles. The topological polar surface area (TPSA) is 35.2 Å². The van der Waals surface area contributed by atoms with E-state index in [1.165, 1.54) is 6.07 Å². The SMILES string of the molecule is COc1cccc(C(N)Cc2ccc(Cl)cc2F)c1. The Morgan fingerprint density at radius 2 is 2.05 bits per heavy atom. The van der Waals surface area contributed by atoms with Crippen LogP contribution in [0.4, 0.5) is 4.39 Å². The third-order valence-corrected chi connectivity index (χ3v) is 3.21. The fraction of sp³-hybridized carbons (Fsp3) is 0.200. The summed E-state index contributed by atoms with van der Waals surface area (Å²) in [5.74, 6) is 0.412. The Kier molecular flexibility index (Phi) is 4.40. The Bertz CT molecular complexity index is 574. The van der Waals surface area contributed by atoms with Gasteiger partial charge in [-0.2, -0.15) is 0 Å². The van der Waals surface area contributed by atoms with Crippen LogP contribution in [0.25, 0.3) is 0 Å². The minimum atomic E-state index is -0.328. The maximum absolute atomic E-state index is 13.7. The van der Waals surface area contributed by atoms with Crippen molar-refractivity contribution in [3.05, 3.63) is 64.4 Å². The lowest BCUT2D eigenvalue weighted by atomic mass is 9.99. The van der Waals surface area contributed by atoms with E-state index in [0.29, 0.717) is 17.0 Å². The van der Waals surface area contributed by atoms with E-state index in [1.54, 1.807) is 19.2 Å². The lowest BCUT2D eigenvalue weighted by molar-refractivity contribution is 0.413. The minimum absolute atomic E-state index is 0.286. The zero-order chi connectivity index (χ0) is 13.8. The van der Waals surface area contributed by atoms with Crippen LogP contribution in [0.1, 0.15) is 17.2 Å². The summed E-state index contributed by atoms with van der Waals surface area (Å²) < 4.78 is 18.9. The van der Waals surface area contributed by atoms with Crippen molar-refractivity contribution in [3.63, 3.8) is 0 Å². The van der Waals surface area contributed by atoms with E-state index in [0.717, 1.165) is 11.3 Å². The number of ether oxygens (including phenoxy) is 1. The molecule has 0 saturated heterocycles. The zero-order valence-corrected chi connectivity index (χ0v) is 11.3. The number of rotatable bonds is 4. The Morgan fingerprint density at radius 1 is 1.26 bits per heavy atom. The van der Waals surface area contributed by atoms with Gasteiger partial charge in [0.25, 0.3) is 0 Å². The van der Waals surface area contributed by atoms with Crippen LogP contribution >= 0.6 is 11.6 Å². The molecule has 0 fully saturated rings. The number of benzene rings is 2. The van der Waals surface area contributed by atoms with Crippen LogP contribution in [-0.2, 0) is 6.42 Å². The summed E-state index contributed by atoms with van der Waals surface area (Å²) in [4.78, 5) is 0. The summed E-state index contributed by atoms with van der Waals surface area (Å²) in [5.41, 5.74) is 7.57.